The van der Waals surface area contributed by atoms with Gasteiger partial charge in [-0.05, 0) is 36.4 Å². The van der Waals surface area contributed by atoms with Gasteiger partial charge in [-0.1, -0.05) is 0 Å². The SMILES string of the molecule is COc1cc(/C=C\C(=O)Nc2ccc(F)cc2)c([N+](=O)[O-])cc1OC. The fourth-order valence-electron chi connectivity index (χ4n) is 2.06. The molecule has 2 rings (SSSR count). The van der Waals surface area contributed by atoms with Crippen molar-refractivity contribution in [3.63, 3.8) is 0 Å². The largest absolute Gasteiger partial charge is 0.493 e. The van der Waals surface area contributed by atoms with Gasteiger partial charge in [0.05, 0.1) is 30.8 Å². The highest BCUT2D eigenvalue weighted by atomic mass is 19.1. The van der Waals surface area contributed by atoms with E-state index in [1.165, 1.54) is 56.7 Å². The fourth-order valence-corrected chi connectivity index (χ4v) is 2.06. The number of nitrogens with one attached hydrogen (secondary N) is 1. The number of rotatable bonds is 6. The van der Waals surface area contributed by atoms with Crippen molar-refractivity contribution in [1.29, 1.82) is 0 Å². The normalized spacial score (nSPS) is 10.5. The van der Waals surface area contributed by atoms with E-state index >= 15 is 0 Å². The zero-order valence-electron chi connectivity index (χ0n) is 13.5. The first-order valence-electron chi connectivity index (χ1n) is 7.09. The molecular formula is C17H15FN2O5. The molecule has 0 aliphatic heterocycles. The Kier molecular flexibility index (Phi) is 5.67. The molecule has 0 saturated heterocycles. The number of methoxy groups -OCH3 is 2. The Balaban J connectivity index is 2.25. The maximum Gasteiger partial charge on any atom is 0.280 e. The van der Waals surface area contributed by atoms with E-state index in [2.05, 4.69) is 5.32 Å². The van der Waals surface area contributed by atoms with Gasteiger partial charge in [0, 0.05) is 11.8 Å². The van der Waals surface area contributed by atoms with Crippen LogP contribution in [0.15, 0.2) is 42.5 Å². The second kappa shape index (κ2) is 7.91. The molecule has 2 aromatic carbocycles. The van der Waals surface area contributed by atoms with Gasteiger partial charge in [-0.15, -0.1) is 0 Å². The summed E-state index contributed by atoms with van der Waals surface area (Å²) < 4.78 is 23.0. The third-order valence-electron chi connectivity index (χ3n) is 3.26. The second-order valence-corrected chi connectivity index (χ2v) is 4.85. The van der Waals surface area contributed by atoms with Gasteiger partial charge < -0.3 is 14.8 Å². The Morgan fingerprint density at radius 2 is 1.76 bits per heavy atom. The first-order valence-corrected chi connectivity index (χ1v) is 7.09. The van der Waals surface area contributed by atoms with Crippen LogP contribution in [0.2, 0.25) is 0 Å². The van der Waals surface area contributed by atoms with Gasteiger partial charge >= 0.3 is 0 Å². The van der Waals surface area contributed by atoms with Crippen LogP contribution in [0, 0.1) is 15.9 Å². The Morgan fingerprint density at radius 3 is 2.32 bits per heavy atom. The number of hydrogen-bond acceptors (Lipinski definition) is 5. The highest BCUT2D eigenvalue weighted by molar-refractivity contribution is 6.02. The summed E-state index contributed by atoms with van der Waals surface area (Å²) in [5.41, 5.74) is 0.346. The molecule has 0 bridgehead atoms. The van der Waals surface area contributed by atoms with Crippen LogP contribution < -0.4 is 14.8 Å². The highest BCUT2D eigenvalue weighted by Crippen LogP contribution is 2.35. The summed E-state index contributed by atoms with van der Waals surface area (Å²) in [7, 11) is 2.77. The third kappa shape index (κ3) is 4.54. The third-order valence-corrected chi connectivity index (χ3v) is 3.26. The second-order valence-electron chi connectivity index (χ2n) is 4.85. The maximum atomic E-state index is 12.8. The zero-order chi connectivity index (χ0) is 18.4. The molecule has 0 aliphatic rings. The van der Waals surface area contributed by atoms with Crippen LogP contribution in [0.3, 0.4) is 0 Å². The van der Waals surface area contributed by atoms with E-state index in [0.29, 0.717) is 11.4 Å². The summed E-state index contributed by atoms with van der Waals surface area (Å²) in [6.45, 7) is 0. The summed E-state index contributed by atoms with van der Waals surface area (Å²) in [5.74, 6) is -0.431. The van der Waals surface area contributed by atoms with Gasteiger partial charge in [0.25, 0.3) is 5.69 Å². The molecule has 0 atom stereocenters. The minimum Gasteiger partial charge on any atom is -0.493 e. The van der Waals surface area contributed by atoms with Gasteiger partial charge in [0.15, 0.2) is 11.5 Å². The molecule has 0 unspecified atom stereocenters. The van der Waals surface area contributed by atoms with E-state index < -0.39 is 16.6 Å². The summed E-state index contributed by atoms with van der Waals surface area (Å²) in [5, 5.41) is 13.7. The molecule has 0 aliphatic carbocycles. The van der Waals surface area contributed by atoms with E-state index in [9.17, 15) is 19.3 Å². The van der Waals surface area contributed by atoms with Crippen LogP contribution in [0.25, 0.3) is 6.08 Å². The topological polar surface area (TPSA) is 90.7 Å². The van der Waals surface area contributed by atoms with Gasteiger partial charge in [0.2, 0.25) is 5.91 Å². The number of halogens is 1. The van der Waals surface area contributed by atoms with Crippen LogP contribution in [0.1, 0.15) is 5.56 Å². The first-order chi connectivity index (χ1) is 11.9. The lowest BCUT2D eigenvalue weighted by Crippen LogP contribution is -2.07. The molecule has 0 aromatic heterocycles. The Hall–Kier alpha value is -3.42. The Morgan fingerprint density at radius 1 is 1.16 bits per heavy atom. The Labute approximate surface area is 142 Å². The average molecular weight is 346 g/mol. The molecule has 1 amide bonds. The van der Waals surface area contributed by atoms with Crippen molar-refractivity contribution >= 4 is 23.4 Å². The number of anilines is 1. The molecule has 1 N–H and O–H groups in total. The number of carbonyl (C=O) groups excluding carboxylic acids is 1. The number of carbonyl (C=O) groups is 1. The average Bonchev–Trinajstić information content (AvgIpc) is 2.60. The summed E-state index contributed by atoms with van der Waals surface area (Å²) in [6, 6.07) is 7.84. The number of nitro groups is 1. The standard InChI is InChI=1S/C17H15FN2O5/c1-24-15-9-11(14(20(22)23)10-16(15)25-2)3-8-17(21)19-13-6-4-12(18)5-7-13/h3-10H,1-2H3,(H,19,21)/b8-3-. The van der Waals surface area contributed by atoms with Crippen LogP contribution in [0.4, 0.5) is 15.8 Å². The van der Waals surface area contributed by atoms with E-state index in [1.807, 2.05) is 0 Å². The number of ether oxygens (including phenoxy) is 2. The van der Waals surface area contributed by atoms with E-state index in [4.69, 9.17) is 9.47 Å². The van der Waals surface area contributed by atoms with E-state index in [0.717, 1.165) is 6.08 Å². The maximum absolute atomic E-state index is 12.8. The lowest BCUT2D eigenvalue weighted by atomic mass is 10.1. The molecule has 130 valence electrons. The monoisotopic (exact) mass is 346 g/mol. The summed E-state index contributed by atoms with van der Waals surface area (Å²) in [6.07, 6.45) is 2.43. The Bertz CT molecular complexity index is 819. The van der Waals surface area contributed by atoms with Crippen LogP contribution >= 0.6 is 0 Å². The van der Waals surface area contributed by atoms with Crippen LogP contribution in [-0.2, 0) is 4.79 Å². The van der Waals surface area contributed by atoms with Crippen molar-refractivity contribution in [3.05, 3.63) is 64.0 Å². The number of hydrogen-bond donors (Lipinski definition) is 1. The predicted octanol–water partition coefficient (Wildman–Crippen LogP) is 3.40. The molecule has 0 heterocycles. The quantitative estimate of drug-likeness (QED) is 0.492. The smallest absolute Gasteiger partial charge is 0.280 e. The van der Waals surface area contributed by atoms with Crippen LogP contribution in [0.5, 0.6) is 11.5 Å². The lowest BCUT2D eigenvalue weighted by molar-refractivity contribution is -0.385. The van der Waals surface area contributed by atoms with Crippen molar-refractivity contribution < 1.29 is 23.6 Å². The van der Waals surface area contributed by atoms with Gasteiger partial charge in [0.1, 0.15) is 5.82 Å². The molecule has 0 fully saturated rings. The highest BCUT2D eigenvalue weighted by Gasteiger charge is 2.18. The molecule has 8 heteroatoms. The minimum atomic E-state index is -0.584. The van der Waals surface area contributed by atoms with Crippen molar-refractivity contribution in [2.75, 3.05) is 19.5 Å². The molecule has 7 nitrogen and oxygen atoms in total. The number of benzene rings is 2. The number of amides is 1. The minimum absolute atomic E-state index is 0.178. The van der Waals surface area contributed by atoms with Crippen molar-refractivity contribution in [2.45, 2.75) is 0 Å². The van der Waals surface area contributed by atoms with Crippen molar-refractivity contribution in [3.8, 4) is 11.5 Å². The van der Waals surface area contributed by atoms with Gasteiger partial charge in [-0.2, -0.15) is 0 Å². The van der Waals surface area contributed by atoms with Gasteiger partial charge in [-0.25, -0.2) is 4.39 Å². The van der Waals surface area contributed by atoms with Crippen molar-refractivity contribution in [1.82, 2.24) is 0 Å². The fraction of sp³-hybridized carbons (Fsp3) is 0.118. The number of nitro benzene ring substituents is 1. The molecule has 0 saturated carbocycles. The molecule has 25 heavy (non-hydrogen) atoms. The molecule has 0 radical (unpaired) electrons. The summed E-state index contributed by atoms with van der Waals surface area (Å²) in [4.78, 5) is 22.5. The van der Waals surface area contributed by atoms with Crippen LogP contribution in [-0.4, -0.2) is 25.1 Å². The van der Waals surface area contributed by atoms with Gasteiger partial charge in [-0.3, -0.25) is 14.9 Å². The zero-order valence-corrected chi connectivity index (χ0v) is 13.5. The molecule has 2 aromatic rings. The number of nitrogens with zero attached hydrogens (tertiary/aromatic N) is 1. The molecular weight excluding hydrogens is 331 g/mol. The first kappa shape index (κ1) is 17.9. The van der Waals surface area contributed by atoms with Crippen molar-refractivity contribution in [2.24, 2.45) is 0 Å². The van der Waals surface area contributed by atoms with E-state index in [-0.39, 0.29) is 17.0 Å². The molecule has 0 spiro atoms. The summed E-state index contributed by atoms with van der Waals surface area (Å²) >= 11 is 0. The lowest BCUT2D eigenvalue weighted by Gasteiger charge is -2.08. The predicted molar refractivity (Wildman–Crippen MR) is 90.3 cm³/mol. The van der Waals surface area contributed by atoms with E-state index in [1.54, 1.807) is 0 Å².